The number of hydrogen-bond acceptors (Lipinski definition) is 1. The summed E-state index contributed by atoms with van der Waals surface area (Å²) < 4.78 is 0. The number of rotatable bonds is 0. The summed E-state index contributed by atoms with van der Waals surface area (Å²) in [7, 11) is 0. The first kappa shape index (κ1) is 8.82. The van der Waals surface area contributed by atoms with Crippen molar-refractivity contribution in [2.45, 2.75) is 6.92 Å². The zero-order chi connectivity index (χ0) is 2.71. The Balaban J connectivity index is 0. The van der Waals surface area contributed by atoms with Crippen LogP contribution < -0.4 is 0 Å². The van der Waals surface area contributed by atoms with Gasteiger partial charge in [0.2, 0.25) is 0 Å². The van der Waals surface area contributed by atoms with Crippen molar-refractivity contribution in [2.24, 2.45) is 0 Å². The summed E-state index contributed by atoms with van der Waals surface area (Å²) in [6.45, 7) is 1.44. The first-order valence-electron chi connectivity index (χ1n) is 0.813. The smallest absolute Gasteiger partial charge is 0.116 e. The predicted octanol–water partition coefficient (Wildman–Crippen LogP) is -0.176. The van der Waals surface area contributed by atoms with Crippen LogP contribution in [0.4, 0.5) is 0 Å². The molecule has 0 rings (SSSR count). The molecule has 0 fully saturated rings. The van der Waals surface area contributed by atoms with Crippen LogP contribution in [-0.2, 0) is 4.79 Å². The van der Waals surface area contributed by atoms with E-state index in [0.717, 1.165) is 6.29 Å². The molecule has 4 heavy (non-hydrogen) atoms. The van der Waals surface area contributed by atoms with E-state index in [1.165, 1.54) is 6.92 Å². The molecule has 4 radical (unpaired) electrons. The maximum atomic E-state index is 8.81. The van der Waals surface area contributed by atoms with E-state index >= 15 is 0 Å². The minimum atomic E-state index is 0. The maximum absolute atomic E-state index is 8.81. The molecule has 0 amide bonds. The molecule has 0 aromatic heterocycles. The van der Waals surface area contributed by atoms with Gasteiger partial charge in [0.1, 0.15) is 6.29 Å². The Hall–Kier alpha value is 0.469. The van der Waals surface area contributed by atoms with Crippen molar-refractivity contribution in [1.29, 1.82) is 0 Å². The first-order chi connectivity index (χ1) is 1.41. The molecule has 0 unspecified atom stereocenters. The van der Waals surface area contributed by atoms with Gasteiger partial charge in [-0.1, -0.05) is 0 Å². The molecule has 0 saturated heterocycles. The van der Waals surface area contributed by atoms with E-state index in [9.17, 15) is 0 Å². The number of hydrogen-bond donors (Lipinski definition) is 0. The molecule has 0 atom stereocenters. The van der Waals surface area contributed by atoms with E-state index in [-0.39, 0.29) is 23.9 Å². The SMILES string of the molecule is CC=O.[Sn]. The van der Waals surface area contributed by atoms with Gasteiger partial charge in [0, 0.05) is 23.9 Å². The van der Waals surface area contributed by atoms with Gasteiger partial charge in [-0.2, -0.15) is 0 Å². The van der Waals surface area contributed by atoms with Gasteiger partial charge in [-0.05, 0) is 6.92 Å². The van der Waals surface area contributed by atoms with Crippen molar-refractivity contribution in [2.75, 3.05) is 0 Å². The van der Waals surface area contributed by atoms with Crippen molar-refractivity contribution in [1.82, 2.24) is 0 Å². The zero-order valence-corrected chi connectivity index (χ0v) is 5.34. The second-order valence-corrected chi connectivity index (χ2v) is 0.236. The molecule has 0 aliphatic heterocycles. The van der Waals surface area contributed by atoms with E-state index in [2.05, 4.69) is 0 Å². The van der Waals surface area contributed by atoms with Gasteiger partial charge >= 0.3 is 0 Å². The fourth-order valence-electron chi connectivity index (χ4n) is 0. The molecule has 0 N–H and O–H groups in total. The maximum Gasteiger partial charge on any atom is 0.116 e. The van der Waals surface area contributed by atoms with Gasteiger partial charge in [0.25, 0.3) is 0 Å². The fraction of sp³-hybridized carbons (Fsp3) is 0.500. The van der Waals surface area contributed by atoms with Crippen LogP contribution in [-0.4, -0.2) is 30.2 Å². The molecule has 1 nitrogen and oxygen atoms in total. The number of carbonyl (C=O) groups is 1. The van der Waals surface area contributed by atoms with Crippen molar-refractivity contribution < 1.29 is 4.79 Å². The largest absolute Gasteiger partial charge is 0.304 e. The van der Waals surface area contributed by atoms with Crippen molar-refractivity contribution in [3.05, 3.63) is 0 Å². The summed E-state index contributed by atoms with van der Waals surface area (Å²) in [6, 6.07) is 0. The summed E-state index contributed by atoms with van der Waals surface area (Å²) >= 11 is 0. The minimum Gasteiger partial charge on any atom is -0.304 e. The van der Waals surface area contributed by atoms with Crippen molar-refractivity contribution >= 4 is 30.2 Å². The Morgan fingerprint density at radius 2 is 1.75 bits per heavy atom. The third kappa shape index (κ3) is 24.2. The standard InChI is InChI=1S/C2H4O.Sn/c1-2-3;/h2H,1H3;. The van der Waals surface area contributed by atoms with Gasteiger partial charge in [-0.25, -0.2) is 0 Å². The minimum absolute atomic E-state index is 0. The van der Waals surface area contributed by atoms with Gasteiger partial charge in [0.05, 0.1) is 0 Å². The summed E-state index contributed by atoms with van der Waals surface area (Å²) in [6.07, 6.45) is 0.750. The molecule has 0 heterocycles. The third-order valence-electron chi connectivity index (χ3n) is 0. The molecular weight excluding hydrogens is 159 g/mol. The molecule has 0 spiro atoms. The summed E-state index contributed by atoms with van der Waals surface area (Å²) in [5.74, 6) is 0. The van der Waals surface area contributed by atoms with Crippen LogP contribution in [0.1, 0.15) is 6.92 Å². The van der Waals surface area contributed by atoms with Crippen LogP contribution in [0.5, 0.6) is 0 Å². The third-order valence-corrected chi connectivity index (χ3v) is 0. The van der Waals surface area contributed by atoms with E-state index < -0.39 is 0 Å². The quantitative estimate of drug-likeness (QED) is 0.357. The van der Waals surface area contributed by atoms with Crippen LogP contribution in [0, 0.1) is 0 Å². The molecule has 0 aliphatic carbocycles. The number of aldehydes is 1. The average molecular weight is 163 g/mol. The Kier molecular flexibility index (Phi) is 21.6. The van der Waals surface area contributed by atoms with Crippen LogP contribution >= 0.6 is 0 Å². The Morgan fingerprint density at radius 1 is 1.75 bits per heavy atom. The molecule has 0 saturated carbocycles. The second-order valence-electron chi connectivity index (χ2n) is 0.236. The monoisotopic (exact) mass is 164 g/mol. The fourth-order valence-corrected chi connectivity index (χ4v) is 0. The zero-order valence-electron chi connectivity index (χ0n) is 2.49. The van der Waals surface area contributed by atoms with Crippen LogP contribution in [0.25, 0.3) is 0 Å². The van der Waals surface area contributed by atoms with Crippen LogP contribution in [0.15, 0.2) is 0 Å². The van der Waals surface area contributed by atoms with Gasteiger partial charge in [0.15, 0.2) is 0 Å². The summed E-state index contributed by atoms with van der Waals surface area (Å²) in [5.41, 5.74) is 0. The van der Waals surface area contributed by atoms with E-state index in [1.807, 2.05) is 0 Å². The van der Waals surface area contributed by atoms with Gasteiger partial charge in [-0.3, -0.25) is 0 Å². The molecule has 0 aromatic carbocycles. The molecule has 0 aliphatic rings. The molecule has 2 heteroatoms. The first-order valence-corrected chi connectivity index (χ1v) is 0.813. The molecule has 0 bridgehead atoms. The van der Waals surface area contributed by atoms with E-state index in [1.54, 1.807) is 0 Å². The predicted molar refractivity (Wildman–Crippen MR) is 17.5 cm³/mol. The Bertz CT molecular complexity index is 13.5. The normalized spacial score (nSPS) is 3.25. The summed E-state index contributed by atoms with van der Waals surface area (Å²) in [5, 5.41) is 0. The topological polar surface area (TPSA) is 17.1 Å². The van der Waals surface area contributed by atoms with Crippen molar-refractivity contribution in [3.8, 4) is 0 Å². The Labute approximate surface area is 42.3 Å². The van der Waals surface area contributed by atoms with Crippen LogP contribution in [0.2, 0.25) is 0 Å². The van der Waals surface area contributed by atoms with Crippen molar-refractivity contribution in [3.63, 3.8) is 0 Å². The molecular formula is C2H4OSn. The van der Waals surface area contributed by atoms with E-state index in [0.29, 0.717) is 0 Å². The molecule has 22 valence electrons. The molecule has 0 aromatic rings. The summed E-state index contributed by atoms with van der Waals surface area (Å²) in [4.78, 5) is 8.81. The number of carbonyl (C=O) groups excluding carboxylic acids is 1. The second kappa shape index (κ2) is 9.80. The van der Waals surface area contributed by atoms with E-state index in [4.69, 9.17) is 4.79 Å². The van der Waals surface area contributed by atoms with Gasteiger partial charge < -0.3 is 4.79 Å². The van der Waals surface area contributed by atoms with Crippen LogP contribution in [0.3, 0.4) is 0 Å². The Morgan fingerprint density at radius 3 is 1.75 bits per heavy atom. The van der Waals surface area contributed by atoms with Gasteiger partial charge in [-0.15, -0.1) is 0 Å². The average Bonchev–Trinajstić information content (AvgIpc) is 0.918.